The molecule has 2 nitrogen and oxygen atoms in total. The molecule has 0 aromatic heterocycles. The van der Waals surface area contributed by atoms with Crippen LogP contribution in [0.25, 0.3) is 0 Å². The SMILES string of the molecule is [2H]C([2H])([2H])C(=O)N=C=S. The van der Waals surface area contributed by atoms with E-state index < -0.39 is 12.8 Å². The Morgan fingerprint density at radius 3 is 3.17 bits per heavy atom. The molecule has 0 aromatic rings. The molecule has 6 heavy (non-hydrogen) atoms. The molecule has 0 aliphatic carbocycles. The van der Waals surface area contributed by atoms with Gasteiger partial charge in [-0.15, -0.1) is 0 Å². The molecule has 0 bridgehead atoms. The highest BCUT2D eigenvalue weighted by molar-refractivity contribution is 7.78. The second-order valence-electron chi connectivity index (χ2n) is 0.508. The summed E-state index contributed by atoms with van der Waals surface area (Å²) in [6, 6.07) is 0. The molecule has 0 saturated carbocycles. The van der Waals surface area contributed by atoms with Gasteiger partial charge in [0.05, 0.1) is 5.16 Å². The van der Waals surface area contributed by atoms with Crippen LogP contribution in [0.1, 0.15) is 11.0 Å². The number of carbonyl (C=O) groups excluding carboxylic acids is 1. The second kappa shape index (κ2) is 2.69. The van der Waals surface area contributed by atoms with Crippen LogP contribution in [0.15, 0.2) is 4.99 Å². The number of amides is 1. The molecule has 0 atom stereocenters. The fourth-order valence-corrected chi connectivity index (χ4v) is 0.124. The molecular weight excluding hydrogens is 98.1 g/mol. The summed E-state index contributed by atoms with van der Waals surface area (Å²) in [6.07, 6.45) is 0. The molecule has 0 spiro atoms. The molecule has 0 saturated heterocycles. The van der Waals surface area contributed by atoms with Crippen LogP contribution in [0.5, 0.6) is 0 Å². The zero-order valence-electron chi connectivity index (χ0n) is 5.76. The minimum Gasteiger partial charge on any atom is -0.272 e. The maximum atomic E-state index is 10.2. The van der Waals surface area contributed by atoms with Gasteiger partial charge in [-0.25, -0.2) is 0 Å². The van der Waals surface area contributed by atoms with Crippen LogP contribution in [0, 0.1) is 0 Å². The number of aliphatic imine (C=N–C) groups is 1. The summed E-state index contributed by atoms with van der Waals surface area (Å²) in [5.41, 5.74) is 0. The topological polar surface area (TPSA) is 29.4 Å². The average molecular weight is 104 g/mol. The van der Waals surface area contributed by atoms with Crippen molar-refractivity contribution >= 4 is 23.3 Å². The highest BCUT2D eigenvalue weighted by atomic mass is 32.1. The number of hydrogen-bond acceptors (Lipinski definition) is 2. The Bertz CT molecular complexity index is 168. The first-order valence-electron chi connectivity index (χ1n) is 2.61. The highest BCUT2D eigenvalue weighted by Gasteiger charge is 1.74. The predicted molar refractivity (Wildman–Crippen MR) is 25.7 cm³/mol. The van der Waals surface area contributed by atoms with Gasteiger partial charge in [-0.05, 0) is 12.2 Å². The molecule has 0 rings (SSSR count). The van der Waals surface area contributed by atoms with Gasteiger partial charge >= 0.3 is 0 Å². The summed E-state index contributed by atoms with van der Waals surface area (Å²) in [5, 5.41) is 1.67. The van der Waals surface area contributed by atoms with Gasteiger partial charge in [-0.3, -0.25) is 4.79 Å². The van der Waals surface area contributed by atoms with Gasteiger partial charge in [-0.2, -0.15) is 4.99 Å². The van der Waals surface area contributed by atoms with E-state index in [4.69, 9.17) is 4.11 Å². The van der Waals surface area contributed by atoms with Crippen molar-refractivity contribution in [3.05, 3.63) is 0 Å². The fraction of sp³-hybridized carbons (Fsp3) is 0.333. The molecule has 0 fully saturated rings. The Morgan fingerprint density at radius 2 is 3.00 bits per heavy atom. The highest BCUT2D eigenvalue weighted by Crippen LogP contribution is 1.62. The summed E-state index contributed by atoms with van der Waals surface area (Å²) in [5.74, 6) is -1.22. The molecule has 0 heterocycles. The van der Waals surface area contributed by atoms with Crippen molar-refractivity contribution in [2.75, 3.05) is 0 Å². The Labute approximate surface area is 45.1 Å². The van der Waals surface area contributed by atoms with Crippen molar-refractivity contribution < 1.29 is 8.91 Å². The van der Waals surface area contributed by atoms with Crippen molar-refractivity contribution in [3.63, 3.8) is 0 Å². The summed E-state index contributed by atoms with van der Waals surface area (Å²) in [6.45, 7) is -2.67. The standard InChI is InChI=1S/C3H3NOS/c1-3(5)4-2-6/h1H3/i1D3. The maximum absolute atomic E-state index is 10.2. The van der Waals surface area contributed by atoms with E-state index in [1.807, 2.05) is 0 Å². The monoisotopic (exact) mass is 104 g/mol. The lowest BCUT2D eigenvalue weighted by atomic mass is 10.8. The van der Waals surface area contributed by atoms with Crippen LogP contribution in [0.4, 0.5) is 0 Å². The average Bonchev–Trinajstić information content (AvgIpc) is 1.64. The van der Waals surface area contributed by atoms with E-state index >= 15 is 0 Å². The summed E-state index contributed by atoms with van der Waals surface area (Å²) < 4.78 is 19.3. The van der Waals surface area contributed by atoms with E-state index in [0.29, 0.717) is 0 Å². The summed E-state index contributed by atoms with van der Waals surface area (Å²) >= 11 is 4.01. The van der Waals surface area contributed by atoms with Crippen LogP contribution >= 0.6 is 12.2 Å². The van der Waals surface area contributed by atoms with Crippen LogP contribution in [-0.4, -0.2) is 11.1 Å². The lowest BCUT2D eigenvalue weighted by Gasteiger charge is -1.63. The molecule has 0 aliphatic rings. The third kappa shape index (κ3) is 3.47. The Kier molecular flexibility index (Phi) is 0.879. The van der Waals surface area contributed by atoms with Gasteiger partial charge < -0.3 is 0 Å². The molecule has 32 valence electrons. The molecule has 0 unspecified atom stereocenters. The zero-order chi connectivity index (χ0) is 7.49. The van der Waals surface area contributed by atoms with E-state index in [9.17, 15) is 4.79 Å². The third-order valence-electron chi connectivity index (χ3n) is 0.147. The Balaban J connectivity index is 4.22. The van der Waals surface area contributed by atoms with E-state index in [-0.39, 0.29) is 0 Å². The number of carbonyl (C=O) groups is 1. The maximum Gasteiger partial charge on any atom is 0.251 e. The number of nitrogens with zero attached hydrogens (tertiary/aromatic N) is 1. The minimum absolute atomic E-state index is 1.22. The molecule has 3 heteroatoms. The summed E-state index contributed by atoms with van der Waals surface area (Å²) in [4.78, 5) is 13.0. The van der Waals surface area contributed by atoms with Crippen molar-refractivity contribution in [2.24, 2.45) is 4.99 Å². The number of rotatable bonds is 0. The molecular formula is C3H3NOS. The first-order chi connectivity index (χ1) is 3.98. The van der Waals surface area contributed by atoms with Crippen molar-refractivity contribution in [1.82, 2.24) is 0 Å². The van der Waals surface area contributed by atoms with Gasteiger partial charge in [0.15, 0.2) is 0 Å². The second-order valence-corrected chi connectivity index (χ2v) is 0.691. The van der Waals surface area contributed by atoms with Crippen LogP contribution in [0.3, 0.4) is 0 Å². The van der Waals surface area contributed by atoms with E-state index in [1.54, 1.807) is 5.16 Å². The molecule has 0 N–H and O–H groups in total. The van der Waals surface area contributed by atoms with Gasteiger partial charge in [-0.1, -0.05) is 0 Å². The third-order valence-corrected chi connectivity index (χ3v) is 0.238. The van der Waals surface area contributed by atoms with Crippen LogP contribution in [-0.2, 0) is 4.79 Å². The minimum atomic E-state index is -2.67. The van der Waals surface area contributed by atoms with Gasteiger partial charge in [0.25, 0.3) is 5.91 Å². The van der Waals surface area contributed by atoms with Crippen molar-refractivity contribution in [3.8, 4) is 0 Å². The predicted octanol–water partition coefficient (Wildman–Crippen LogP) is 0.636. The van der Waals surface area contributed by atoms with Crippen LogP contribution in [0.2, 0.25) is 0 Å². The van der Waals surface area contributed by atoms with E-state index in [2.05, 4.69) is 17.2 Å². The smallest absolute Gasteiger partial charge is 0.251 e. The van der Waals surface area contributed by atoms with Gasteiger partial charge in [0, 0.05) is 11.0 Å². The molecule has 0 aromatic carbocycles. The molecule has 1 amide bonds. The van der Waals surface area contributed by atoms with Crippen LogP contribution < -0.4 is 0 Å². The number of thiocarbonyl (C=S) groups is 1. The molecule has 0 radical (unpaired) electrons. The number of isothiocyanates is 1. The molecule has 0 aliphatic heterocycles. The van der Waals surface area contributed by atoms with Gasteiger partial charge in [0.2, 0.25) is 0 Å². The quantitative estimate of drug-likeness (QED) is 0.333. The van der Waals surface area contributed by atoms with E-state index in [1.165, 1.54) is 0 Å². The van der Waals surface area contributed by atoms with E-state index in [0.717, 1.165) is 0 Å². The first-order valence-corrected chi connectivity index (χ1v) is 1.51. The zero-order valence-corrected chi connectivity index (χ0v) is 3.58. The fourth-order valence-electron chi connectivity index (χ4n) is 0.0415. The lowest BCUT2D eigenvalue weighted by Crippen LogP contribution is -1.76. The largest absolute Gasteiger partial charge is 0.272 e. The Morgan fingerprint density at radius 1 is 2.33 bits per heavy atom. The first kappa shape index (κ1) is 1.96. The van der Waals surface area contributed by atoms with Crippen molar-refractivity contribution in [1.29, 1.82) is 0 Å². The normalized spacial score (nSPS) is 15.7. The van der Waals surface area contributed by atoms with Crippen molar-refractivity contribution in [2.45, 2.75) is 6.85 Å². The summed E-state index contributed by atoms with van der Waals surface area (Å²) in [7, 11) is 0. The van der Waals surface area contributed by atoms with Gasteiger partial charge in [0.1, 0.15) is 0 Å². The Hall–Kier alpha value is -0.530. The lowest BCUT2D eigenvalue weighted by molar-refractivity contribution is -0.115. The number of hydrogen-bond donors (Lipinski definition) is 0.